The number of hydrogen-bond acceptors (Lipinski definition) is 4. The molecule has 0 spiro atoms. The lowest BCUT2D eigenvalue weighted by Crippen LogP contribution is -2.33. The van der Waals surface area contributed by atoms with Crippen LogP contribution in [0.5, 0.6) is 0 Å². The van der Waals surface area contributed by atoms with Crippen LogP contribution in [-0.2, 0) is 16.0 Å². The molecule has 1 rings (SSSR count). The van der Waals surface area contributed by atoms with Gasteiger partial charge in [-0.25, -0.2) is 0 Å². The lowest BCUT2D eigenvalue weighted by atomic mass is 10.1. The molecular formula is C10H14N2O2. The molecule has 0 amide bonds. The highest BCUT2D eigenvalue weighted by molar-refractivity contribution is 5.75. The van der Waals surface area contributed by atoms with Crippen molar-refractivity contribution < 1.29 is 9.53 Å². The highest BCUT2D eigenvalue weighted by Gasteiger charge is 2.13. The van der Waals surface area contributed by atoms with E-state index in [0.29, 0.717) is 6.42 Å². The van der Waals surface area contributed by atoms with Crippen LogP contribution in [0.1, 0.15) is 11.3 Å². The summed E-state index contributed by atoms with van der Waals surface area (Å²) in [4.78, 5) is 15.1. The predicted octanol–water partition coefficient (Wildman–Crippen LogP) is 0.433. The minimum atomic E-state index is -0.596. The molecule has 4 nitrogen and oxygen atoms in total. The van der Waals surface area contributed by atoms with E-state index in [0.717, 1.165) is 11.3 Å². The molecule has 14 heavy (non-hydrogen) atoms. The summed E-state index contributed by atoms with van der Waals surface area (Å²) in [6.45, 7) is 1.90. The van der Waals surface area contributed by atoms with Gasteiger partial charge in [-0.3, -0.25) is 9.78 Å². The Morgan fingerprint density at radius 3 is 3.00 bits per heavy atom. The zero-order chi connectivity index (χ0) is 10.6. The summed E-state index contributed by atoms with van der Waals surface area (Å²) in [5.41, 5.74) is 7.53. The molecule has 1 aromatic heterocycles. The van der Waals surface area contributed by atoms with E-state index in [9.17, 15) is 4.79 Å². The Labute approximate surface area is 83.1 Å². The molecular weight excluding hydrogens is 180 g/mol. The summed E-state index contributed by atoms with van der Waals surface area (Å²) < 4.78 is 4.53. The van der Waals surface area contributed by atoms with Crippen LogP contribution in [-0.4, -0.2) is 24.1 Å². The van der Waals surface area contributed by atoms with Gasteiger partial charge in [0, 0.05) is 11.9 Å². The van der Waals surface area contributed by atoms with Gasteiger partial charge in [-0.15, -0.1) is 0 Å². The number of nitrogens with zero attached hydrogens (tertiary/aromatic N) is 1. The Kier molecular flexibility index (Phi) is 3.59. The molecule has 0 radical (unpaired) electrons. The standard InChI is InChI=1S/C10H14N2O2/c1-7-5-8(3-4-12-7)6-9(11)10(13)14-2/h3-5,9H,6,11H2,1-2H3/t9-/m0/s1. The van der Waals surface area contributed by atoms with E-state index in [-0.39, 0.29) is 5.97 Å². The van der Waals surface area contributed by atoms with Crippen LogP contribution in [0.2, 0.25) is 0 Å². The SMILES string of the molecule is COC(=O)[C@@H](N)Cc1ccnc(C)c1. The van der Waals surface area contributed by atoms with Crippen LogP contribution in [0.4, 0.5) is 0 Å². The molecule has 0 aliphatic carbocycles. The predicted molar refractivity (Wildman–Crippen MR) is 52.7 cm³/mol. The normalized spacial score (nSPS) is 12.2. The lowest BCUT2D eigenvalue weighted by molar-refractivity contribution is -0.142. The summed E-state index contributed by atoms with van der Waals surface area (Å²) in [7, 11) is 1.33. The molecule has 1 heterocycles. The van der Waals surface area contributed by atoms with E-state index >= 15 is 0 Å². The third kappa shape index (κ3) is 2.81. The second-order valence-corrected chi connectivity index (χ2v) is 3.14. The number of pyridine rings is 1. The first-order valence-electron chi connectivity index (χ1n) is 4.38. The largest absolute Gasteiger partial charge is 0.468 e. The summed E-state index contributed by atoms with van der Waals surface area (Å²) in [6, 6.07) is 3.15. The van der Waals surface area contributed by atoms with E-state index in [2.05, 4.69) is 9.72 Å². The Morgan fingerprint density at radius 1 is 1.71 bits per heavy atom. The highest BCUT2D eigenvalue weighted by Crippen LogP contribution is 2.04. The number of carbonyl (C=O) groups is 1. The fourth-order valence-electron chi connectivity index (χ4n) is 1.22. The molecule has 2 N–H and O–H groups in total. The molecule has 0 saturated carbocycles. The van der Waals surface area contributed by atoms with Crippen LogP contribution in [0.25, 0.3) is 0 Å². The quantitative estimate of drug-likeness (QED) is 0.709. The topological polar surface area (TPSA) is 65.2 Å². The van der Waals surface area contributed by atoms with Crippen molar-refractivity contribution >= 4 is 5.97 Å². The Hall–Kier alpha value is -1.42. The lowest BCUT2D eigenvalue weighted by Gasteiger charge is -2.08. The number of nitrogens with two attached hydrogens (primary N) is 1. The van der Waals surface area contributed by atoms with Gasteiger partial charge in [-0.1, -0.05) is 0 Å². The molecule has 1 atom stereocenters. The molecule has 0 saturated heterocycles. The minimum absolute atomic E-state index is 0.389. The number of methoxy groups -OCH3 is 1. The van der Waals surface area contributed by atoms with Gasteiger partial charge in [-0.05, 0) is 31.0 Å². The van der Waals surface area contributed by atoms with Gasteiger partial charge in [0.1, 0.15) is 6.04 Å². The number of carbonyl (C=O) groups excluding carboxylic acids is 1. The molecule has 76 valence electrons. The Bertz CT molecular complexity index is 326. The van der Waals surface area contributed by atoms with Crippen LogP contribution in [0.3, 0.4) is 0 Å². The Balaban J connectivity index is 2.64. The third-order valence-electron chi connectivity index (χ3n) is 1.92. The van der Waals surface area contributed by atoms with Gasteiger partial charge in [0.05, 0.1) is 7.11 Å². The molecule has 0 bridgehead atoms. The van der Waals surface area contributed by atoms with Crippen molar-refractivity contribution in [3.8, 4) is 0 Å². The molecule has 1 aromatic rings. The first-order chi connectivity index (χ1) is 6.63. The summed E-state index contributed by atoms with van der Waals surface area (Å²) in [5, 5.41) is 0. The van der Waals surface area contributed by atoms with Crippen molar-refractivity contribution in [3.05, 3.63) is 29.6 Å². The molecule has 4 heteroatoms. The second-order valence-electron chi connectivity index (χ2n) is 3.14. The van der Waals surface area contributed by atoms with Gasteiger partial charge >= 0.3 is 5.97 Å². The van der Waals surface area contributed by atoms with Crippen LogP contribution in [0.15, 0.2) is 18.3 Å². The van der Waals surface area contributed by atoms with Gasteiger partial charge in [-0.2, -0.15) is 0 Å². The van der Waals surface area contributed by atoms with E-state index in [1.165, 1.54) is 7.11 Å². The molecule has 0 aromatic carbocycles. The highest BCUT2D eigenvalue weighted by atomic mass is 16.5. The van der Waals surface area contributed by atoms with Gasteiger partial charge in [0.2, 0.25) is 0 Å². The maximum atomic E-state index is 11.0. The van der Waals surface area contributed by atoms with Gasteiger partial charge in [0.25, 0.3) is 0 Å². The maximum Gasteiger partial charge on any atom is 0.322 e. The number of aromatic nitrogens is 1. The zero-order valence-electron chi connectivity index (χ0n) is 8.36. The second kappa shape index (κ2) is 4.72. The number of hydrogen-bond donors (Lipinski definition) is 1. The first-order valence-corrected chi connectivity index (χ1v) is 4.38. The van der Waals surface area contributed by atoms with Crippen LogP contribution >= 0.6 is 0 Å². The average molecular weight is 194 g/mol. The number of ether oxygens (including phenoxy) is 1. The van der Waals surface area contributed by atoms with Crippen LogP contribution in [0, 0.1) is 6.92 Å². The first kappa shape index (κ1) is 10.7. The van der Waals surface area contributed by atoms with E-state index in [4.69, 9.17) is 5.73 Å². The summed E-state index contributed by atoms with van der Waals surface area (Å²) in [6.07, 6.45) is 2.19. The molecule has 0 aliphatic heterocycles. The minimum Gasteiger partial charge on any atom is -0.468 e. The van der Waals surface area contributed by atoms with Crippen molar-refractivity contribution in [3.63, 3.8) is 0 Å². The fraction of sp³-hybridized carbons (Fsp3) is 0.400. The van der Waals surface area contributed by atoms with Crippen LogP contribution < -0.4 is 5.73 Å². The smallest absolute Gasteiger partial charge is 0.322 e. The molecule has 0 fully saturated rings. The van der Waals surface area contributed by atoms with Crippen molar-refractivity contribution in [1.29, 1.82) is 0 Å². The van der Waals surface area contributed by atoms with Crippen molar-refractivity contribution in [2.24, 2.45) is 5.73 Å². The van der Waals surface area contributed by atoms with Crippen molar-refractivity contribution in [2.75, 3.05) is 7.11 Å². The van der Waals surface area contributed by atoms with E-state index < -0.39 is 6.04 Å². The fourth-order valence-corrected chi connectivity index (χ4v) is 1.22. The number of aryl methyl sites for hydroxylation is 1. The molecule has 0 unspecified atom stereocenters. The summed E-state index contributed by atoms with van der Waals surface area (Å²) >= 11 is 0. The zero-order valence-corrected chi connectivity index (χ0v) is 8.36. The Morgan fingerprint density at radius 2 is 2.43 bits per heavy atom. The number of esters is 1. The van der Waals surface area contributed by atoms with Gasteiger partial charge in [0.15, 0.2) is 0 Å². The third-order valence-corrected chi connectivity index (χ3v) is 1.92. The average Bonchev–Trinajstić information content (AvgIpc) is 2.16. The maximum absolute atomic E-state index is 11.0. The number of rotatable bonds is 3. The van der Waals surface area contributed by atoms with Crippen molar-refractivity contribution in [2.45, 2.75) is 19.4 Å². The monoisotopic (exact) mass is 194 g/mol. The summed E-state index contributed by atoms with van der Waals surface area (Å²) in [5.74, 6) is -0.389. The van der Waals surface area contributed by atoms with Crippen molar-refractivity contribution in [1.82, 2.24) is 4.98 Å². The van der Waals surface area contributed by atoms with E-state index in [1.54, 1.807) is 6.20 Å². The van der Waals surface area contributed by atoms with E-state index in [1.807, 2.05) is 19.1 Å². The van der Waals surface area contributed by atoms with Gasteiger partial charge < -0.3 is 10.5 Å². The molecule has 0 aliphatic rings.